The van der Waals surface area contributed by atoms with Gasteiger partial charge in [-0.15, -0.1) is 0 Å². The number of cyclic esters (lactones) is 1. The summed E-state index contributed by atoms with van der Waals surface area (Å²) in [5.41, 5.74) is -0.183. The minimum atomic E-state index is -3.98. The third-order valence-corrected chi connectivity index (χ3v) is 5.22. The number of carbonyl (C=O) groups excluding carboxylic acids is 1. The van der Waals surface area contributed by atoms with Crippen LogP contribution < -0.4 is 0 Å². The molecule has 2 rings (SSSR count). The van der Waals surface area contributed by atoms with E-state index in [1.54, 1.807) is 26.0 Å². The van der Waals surface area contributed by atoms with Crippen LogP contribution in [0, 0.1) is 6.92 Å². The molecule has 6 nitrogen and oxygen atoms in total. The Labute approximate surface area is 118 Å². The highest BCUT2D eigenvalue weighted by molar-refractivity contribution is 7.89. The van der Waals surface area contributed by atoms with E-state index in [4.69, 9.17) is 9.47 Å². The monoisotopic (exact) mass is 299 g/mol. The van der Waals surface area contributed by atoms with Crippen molar-refractivity contribution in [2.24, 2.45) is 0 Å². The Morgan fingerprint density at radius 1 is 1.25 bits per heavy atom. The average molecular weight is 299 g/mol. The van der Waals surface area contributed by atoms with Gasteiger partial charge in [0.15, 0.2) is 0 Å². The number of benzene rings is 1. The normalized spacial score (nSPS) is 21.9. The Morgan fingerprint density at radius 2 is 1.80 bits per heavy atom. The van der Waals surface area contributed by atoms with Gasteiger partial charge in [0, 0.05) is 7.11 Å². The van der Waals surface area contributed by atoms with Gasteiger partial charge >= 0.3 is 6.09 Å². The Morgan fingerprint density at radius 3 is 2.25 bits per heavy atom. The number of hydrogen-bond donors (Lipinski definition) is 0. The molecule has 0 spiro atoms. The molecule has 1 amide bonds. The van der Waals surface area contributed by atoms with Crippen LogP contribution in [-0.4, -0.2) is 37.8 Å². The van der Waals surface area contributed by atoms with Gasteiger partial charge in [0.25, 0.3) is 10.0 Å². The van der Waals surface area contributed by atoms with Crippen molar-refractivity contribution < 1.29 is 22.7 Å². The molecule has 0 aliphatic carbocycles. The van der Waals surface area contributed by atoms with Crippen molar-refractivity contribution >= 4 is 16.1 Å². The van der Waals surface area contributed by atoms with Crippen LogP contribution in [-0.2, 0) is 19.5 Å². The lowest BCUT2D eigenvalue weighted by atomic mass is 10.1. The lowest BCUT2D eigenvalue weighted by Crippen LogP contribution is -2.49. The first kappa shape index (κ1) is 14.8. The van der Waals surface area contributed by atoms with Crippen LogP contribution in [0.3, 0.4) is 0 Å². The second kappa shape index (κ2) is 4.75. The van der Waals surface area contributed by atoms with Gasteiger partial charge in [-0.25, -0.2) is 13.2 Å². The molecule has 7 heteroatoms. The third kappa shape index (κ3) is 2.16. The molecule has 0 aromatic heterocycles. The third-order valence-electron chi connectivity index (χ3n) is 3.25. The van der Waals surface area contributed by atoms with Crippen molar-refractivity contribution in [2.75, 3.05) is 7.11 Å². The molecule has 1 aromatic carbocycles. The van der Waals surface area contributed by atoms with Gasteiger partial charge < -0.3 is 9.47 Å². The average Bonchev–Trinajstić information content (AvgIpc) is 2.59. The van der Waals surface area contributed by atoms with Crippen molar-refractivity contribution in [3.05, 3.63) is 29.8 Å². The number of hydrogen-bond acceptors (Lipinski definition) is 5. The van der Waals surface area contributed by atoms with E-state index in [0.717, 1.165) is 9.87 Å². The van der Waals surface area contributed by atoms with E-state index in [1.165, 1.54) is 19.2 Å². The van der Waals surface area contributed by atoms with E-state index in [-0.39, 0.29) is 4.90 Å². The summed E-state index contributed by atoms with van der Waals surface area (Å²) in [6, 6.07) is 6.28. The number of carbonyl (C=O) groups is 1. The van der Waals surface area contributed by atoms with Crippen molar-refractivity contribution in [3.8, 4) is 0 Å². The highest BCUT2D eigenvalue weighted by Crippen LogP contribution is 2.35. The lowest BCUT2D eigenvalue weighted by Gasteiger charge is -2.30. The standard InChI is InChI=1S/C13H17NO5S/c1-9-5-7-10(8-6-9)20(16,17)14-12(15)19-11(18-4)13(14,2)3/h5-8,11H,1-4H3. The molecule has 0 bridgehead atoms. The number of nitrogens with zero attached hydrogens (tertiary/aromatic N) is 1. The minimum Gasteiger partial charge on any atom is -0.416 e. The summed E-state index contributed by atoms with van der Waals surface area (Å²) < 4.78 is 35.9. The Balaban J connectivity index is 2.49. The van der Waals surface area contributed by atoms with Gasteiger partial charge in [0.05, 0.1) is 4.90 Å². The highest BCUT2D eigenvalue weighted by Gasteiger charge is 2.55. The van der Waals surface area contributed by atoms with E-state index in [0.29, 0.717) is 0 Å². The van der Waals surface area contributed by atoms with Crippen LogP contribution in [0.5, 0.6) is 0 Å². The van der Waals surface area contributed by atoms with Crippen molar-refractivity contribution in [3.63, 3.8) is 0 Å². The fraction of sp³-hybridized carbons (Fsp3) is 0.462. The quantitative estimate of drug-likeness (QED) is 0.852. The maximum atomic E-state index is 12.6. The molecule has 0 N–H and O–H groups in total. The number of amides is 1. The zero-order valence-electron chi connectivity index (χ0n) is 11.8. The van der Waals surface area contributed by atoms with E-state index >= 15 is 0 Å². The summed E-state index contributed by atoms with van der Waals surface area (Å²) in [6.45, 7) is 5.01. The molecular formula is C13H17NO5S. The predicted molar refractivity (Wildman–Crippen MR) is 71.6 cm³/mol. The summed E-state index contributed by atoms with van der Waals surface area (Å²) in [5, 5.41) is 0. The summed E-state index contributed by atoms with van der Waals surface area (Å²) in [5.74, 6) is 0. The van der Waals surface area contributed by atoms with Crippen LogP contribution in [0.15, 0.2) is 29.2 Å². The summed E-state index contributed by atoms with van der Waals surface area (Å²) in [4.78, 5) is 11.9. The number of rotatable bonds is 3. The molecule has 1 unspecified atom stereocenters. The van der Waals surface area contributed by atoms with Crippen molar-refractivity contribution in [1.82, 2.24) is 4.31 Å². The molecule has 1 heterocycles. The van der Waals surface area contributed by atoms with Crippen molar-refractivity contribution in [2.45, 2.75) is 37.5 Å². The zero-order chi connectivity index (χ0) is 15.1. The Bertz CT molecular complexity index is 621. The number of methoxy groups -OCH3 is 1. The second-order valence-corrected chi connectivity index (χ2v) is 6.97. The molecule has 20 heavy (non-hydrogen) atoms. The second-order valence-electron chi connectivity index (χ2n) is 5.19. The Kier molecular flexibility index (Phi) is 3.51. The molecule has 1 aliphatic heterocycles. The largest absolute Gasteiger partial charge is 0.426 e. The van der Waals surface area contributed by atoms with Gasteiger partial charge in [0.1, 0.15) is 5.54 Å². The first-order valence-electron chi connectivity index (χ1n) is 6.07. The first-order valence-corrected chi connectivity index (χ1v) is 7.51. The molecule has 110 valence electrons. The van der Waals surface area contributed by atoms with Crippen LogP contribution >= 0.6 is 0 Å². The molecule has 1 atom stereocenters. The maximum absolute atomic E-state index is 12.6. The van der Waals surface area contributed by atoms with Crippen LogP contribution in [0.4, 0.5) is 4.79 Å². The molecule has 0 saturated carbocycles. The number of aryl methyl sites for hydroxylation is 1. The molecule has 0 radical (unpaired) electrons. The zero-order valence-corrected chi connectivity index (χ0v) is 12.6. The first-order chi connectivity index (χ1) is 9.21. The fourth-order valence-corrected chi connectivity index (χ4v) is 3.81. The smallest absolute Gasteiger partial charge is 0.416 e. The van der Waals surface area contributed by atoms with Gasteiger partial charge in [-0.05, 0) is 32.9 Å². The summed E-state index contributed by atoms with van der Waals surface area (Å²) in [6.07, 6.45) is -1.86. The molecule has 1 aliphatic rings. The van der Waals surface area contributed by atoms with E-state index in [2.05, 4.69) is 0 Å². The lowest BCUT2D eigenvalue weighted by molar-refractivity contribution is -0.0914. The summed E-state index contributed by atoms with van der Waals surface area (Å²) in [7, 11) is -2.61. The van der Waals surface area contributed by atoms with Crippen molar-refractivity contribution in [1.29, 1.82) is 0 Å². The molecule has 1 aromatic rings. The molecule has 1 fully saturated rings. The SMILES string of the molecule is COC1OC(=O)N(S(=O)(=O)c2ccc(C)cc2)C1(C)C. The molecule has 1 saturated heterocycles. The Hall–Kier alpha value is -1.60. The van der Waals surface area contributed by atoms with Crippen LogP contribution in [0.1, 0.15) is 19.4 Å². The van der Waals surface area contributed by atoms with E-state index < -0.39 is 27.9 Å². The van der Waals surface area contributed by atoms with Gasteiger partial charge in [0.2, 0.25) is 6.29 Å². The molecular weight excluding hydrogens is 282 g/mol. The minimum absolute atomic E-state index is 0.0462. The van der Waals surface area contributed by atoms with Gasteiger partial charge in [-0.3, -0.25) is 0 Å². The van der Waals surface area contributed by atoms with Gasteiger partial charge in [-0.1, -0.05) is 17.7 Å². The van der Waals surface area contributed by atoms with Gasteiger partial charge in [-0.2, -0.15) is 4.31 Å². The van der Waals surface area contributed by atoms with Crippen LogP contribution in [0.25, 0.3) is 0 Å². The topological polar surface area (TPSA) is 72.9 Å². The number of sulfonamides is 1. The predicted octanol–water partition coefficient (Wildman–Crippen LogP) is 1.89. The maximum Gasteiger partial charge on any atom is 0.426 e. The van der Waals surface area contributed by atoms with E-state index in [9.17, 15) is 13.2 Å². The van der Waals surface area contributed by atoms with Crippen LogP contribution in [0.2, 0.25) is 0 Å². The fourth-order valence-electron chi connectivity index (χ4n) is 2.17. The number of ether oxygens (including phenoxy) is 2. The summed E-state index contributed by atoms with van der Waals surface area (Å²) >= 11 is 0. The highest BCUT2D eigenvalue weighted by atomic mass is 32.2. The van der Waals surface area contributed by atoms with E-state index in [1.807, 2.05) is 6.92 Å².